The molecular weight excluding hydrogens is 480 g/mol. The van der Waals surface area contributed by atoms with E-state index in [1.54, 1.807) is 66.7 Å². The van der Waals surface area contributed by atoms with Gasteiger partial charge in [0, 0.05) is 28.2 Å². The number of amides is 1. The Morgan fingerprint density at radius 3 is 2.19 bits per heavy atom. The number of carbonyl (C=O) groups is 2. The largest absolute Gasteiger partial charge is 0.323 e. The van der Waals surface area contributed by atoms with E-state index < -0.39 is 15.9 Å². The molecule has 0 saturated heterocycles. The second kappa shape index (κ2) is 9.82. The number of primary sulfonamides is 1. The third-order valence-electron chi connectivity index (χ3n) is 4.37. The molecule has 1 amide bonds. The van der Waals surface area contributed by atoms with Gasteiger partial charge in [0.1, 0.15) is 0 Å². The minimum absolute atomic E-state index is 0.0403. The maximum absolute atomic E-state index is 12.2. The Labute approximate surface area is 189 Å². The van der Waals surface area contributed by atoms with Gasteiger partial charge in [-0.3, -0.25) is 9.59 Å². The van der Waals surface area contributed by atoms with Gasteiger partial charge in [-0.1, -0.05) is 58.4 Å². The van der Waals surface area contributed by atoms with E-state index in [2.05, 4.69) is 21.2 Å². The molecule has 0 aliphatic carbocycles. The van der Waals surface area contributed by atoms with E-state index >= 15 is 0 Å². The molecule has 0 saturated carbocycles. The second-order valence-corrected chi connectivity index (χ2v) is 9.16. The van der Waals surface area contributed by atoms with Gasteiger partial charge in [-0.25, -0.2) is 13.6 Å². The lowest BCUT2D eigenvalue weighted by Crippen LogP contribution is -2.13. The van der Waals surface area contributed by atoms with Gasteiger partial charge in [0.25, 0.3) is 0 Å². The topological polar surface area (TPSA) is 106 Å². The van der Waals surface area contributed by atoms with Crippen molar-refractivity contribution >= 4 is 43.3 Å². The number of nitrogens with two attached hydrogens (primary N) is 1. The molecule has 8 heteroatoms. The highest BCUT2D eigenvalue weighted by molar-refractivity contribution is 9.10. The Morgan fingerprint density at radius 1 is 0.903 bits per heavy atom. The summed E-state index contributed by atoms with van der Waals surface area (Å²) >= 11 is 3.32. The van der Waals surface area contributed by atoms with E-state index in [-0.39, 0.29) is 17.1 Å². The molecule has 0 spiro atoms. The van der Waals surface area contributed by atoms with Crippen molar-refractivity contribution < 1.29 is 18.0 Å². The molecule has 0 radical (unpaired) electrons. The molecule has 0 atom stereocenters. The summed E-state index contributed by atoms with van der Waals surface area (Å²) in [5, 5.41) is 7.96. The highest BCUT2D eigenvalue weighted by Crippen LogP contribution is 2.26. The molecule has 3 aromatic carbocycles. The van der Waals surface area contributed by atoms with Gasteiger partial charge in [-0.2, -0.15) is 0 Å². The number of halogens is 1. The highest BCUT2D eigenvalue weighted by Gasteiger charge is 2.14. The fraction of sp³-hybridized carbons (Fsp3) is 0.0435. The van der Waals surface area contributed by atoms with Gasteiger partial charge in [0.15, 0.2) is 5.78 Å². The van der Waals surface area contributed by atoms with Crippen molar-refractivity contribution in [2.75, 3.05) is 5.32 Å². The molecule has 3 aromatic rings. The van der Waals surface area contributed by atoms with Gasteiger partial charge in [0.05, 0.1) is 4.90 Å². The first kappa shape index (κ1) is 22.6. The number of anilines is 1. The molecule has 0 heterocycles. The maximum atomic E-state index is 12.2. The van der Waals surface area contributed by atoms with Crippen LogP contribution in [0.3, 0.4) is 0 Å². The number of carbonyl (C=O) groups excluding carboxylic acids is 2. The van der Waals surface area contributed by atoms with Crippen LogP contribution in [-0.4, -0.2) is 20.1 Å². The fourth-order valence-electron chi connectivity index (χ4n) is 2.90. The molecule has 0 unspecified atom stereocenters. The van der Waals surface area contributed by atoms with Crippen molar-refractivity contribution in [1.29, 1.82) is 0 Å². The van der Waals surface area contributed by atoms with E-state index in [4.69, 9.17) is 5.14 Å². The number of nitrogens with one attached hydrogen (secondary N) is 1. The molecule has 6 nitrogen and oxygen atoms in total. The van der Waals surface area contributed by atoms with Crippen molar-refractivity contribution in [3.63, 3.8) is 0 Å². The van der Waals surface area contributed by atoms with Crippen LogP contribution in [0, 0.1) is 0 Å². The molecule has 3 N–H and O–H groups in total. The number of hydrogen-bond donors (Lipinski definition) is 2. The number of rotatable bonds is 7. The number of hydrogen-bond acceptors (Lipinski definition) is 4. The van der Waals surface area contributed by atoms with Crippen LogP contribution >= 0.6 is 15.9 Å². The summed E-state index contributed by atoms with van der Waals surface area (Å²) in [5.41, 5.74) is 2.53. The quantitative estimate of drug-likeness (QED) is 0.478. The molecular formula is C23H19BrN2O4S. The first-order valence-corrected chi connectivity index (χ1v) is 11.5. The van der Waals surface area contributed by atoms with Crippen LogP contribution in [0.2, 0.25) is 0 Å². The van der Waals surface area contributed by atoms with E-state index in [1.807, 2.05) is 0 Å². The molecule has 31 heavy (non-hydrogen) atoms. The summed E-state index contributed by atoms with van der Waals surface area (Å²) < 4.78 is 24.5. The van der Waals surface area contributed by atoms with Gasteiger partial charge >= 0.3 is 0 Å². The third kappa shape index (κ3) is 6.45. The Bertz CT molecular complexity index is 1240. The zero-order valence-corrected chi connectivity index (χ0v) is 18.7. The molecule has 0 aromatic heterocycles. The van der Waals surface area contributed by atoms with Crippen molar-refractivity contribution in [1.82, 2.24) is 0 Å². The van der Waals surface area contributed by atoms with Gasteiger partial charge in [-0.15, -0.1) is 0 Å². The van der Waals surface area contributed by atoms with Crippen LogP contribution in [-0.2, 0) is 26.0 Å². The molecule has 0 fully saturated rings. The Kier molecular flexibility index (Phi) is 7.17. The predicted molar refractivity (Wildman–Crippen MR) is 124 cm³/mol. The summed E-state index contributed by atoms with van der Waals surface area (Å²) in [5.74, 6) is -0.630. The average Bonchev–Trinajstić information content (AvgIpc) is 2.74. The van der Waals surface area contributed by atoms with Gasteiger partial charge < -0.3 is 5.32 Å². The van der Waals surface area contributed by atoms with Crippen LogP contribution in [0.25, 0.3) is 11.1 Å². The fourth-order valence-corrected chi connectivity index (χ4v) is 3.93. The Balaban J connectivity index is 1.63. The van der Waals surface area contributed by atoms with E-state index in [0.29, 0.717) is 16.8 Å². The minimum Gasteiger partial charge on any atom is -0.323 e. The zero-order valence-electron chi connectivity index (χ0n) is 16.3. The van der Waals surface area contributed by atoms with Crippen molar-refractivity contribution in [3.8, 4) is 11.1 Å². The molecule has 158 valence electrons. The number of sulfonamides is 1. The Morgan fingerprint density at radius 2 is 1.55 bits per heavy atom. The number of benzene rings is 3. The predicted octanol–water partition coefficient (Wildman–Crippen LogP) is 4.07. The average molecular weight is 499 g/mol. The summed E-state index contributed by atoms with van der Waals surface area (Å²) in [4.78, 5) is 24.2. The van der Waals surface area contributed by atoms with E-state index in [1.165, 1.54) is 18.2 Å². The van der Waals surface area contributed by atoms with Crippen molar-refractivity contribution in [2.45, 2.75) is 11.3 Å². The highest BCUT2D eigenvalue weighted by atomic mass is 79.9. The molecule has 3 rings (SSSR count). The number of allylic oxidation sites excluding steroid dienone is 1. The van der Waals surface area contributed by atoms with Crippen LogP contribution in [0.15, 0.2) is 94.3 Å². The molecule has 0 bridgehead atoms. The maximum Gasteiger partial charge on any atom is 0.248 e. The first-order chi connectivity index (χ1) is 14.7. The minimum atomic E-state index is -3.85. The molecule has 0 aliphatic rings. The van der Waals surface area contributed by atoms with Crippen LogP contribution in [0.5, 0.6) is 0 Å². The summed E-state index contributed by atoms with van der Waals surface area (Å²) in [6, 6.07) is 20.5. The lowest BCUT2D eigenvalue weighted by molar-refractivity contribution is -0.115. The second-order valence-electron chi connectivity index (χ2n) is 6.71. The SMILES string of the molecule is NS(=O)(=O)c1ccccc1-c1ccc(CC(=O)/C=C\C(=O)Nc2ccc(Br)cc2)cc1. The van der Waals surface area contributed by atoms with Crippen LogP contribution in [0.1, 0.15) is 5.56 Å². The van der Waals surface area contributed by atoms with Crippen LogP contribution < -0.4 is 10.5 Å². The van der Waals surface area contributed by atoms with Crippen LogP contribution in [0.4, 0.5) is 5.69 Å². The van der Waals surface area contributed by atoms with Crippen molar-refractivity contribution in [2.24, 2.45) is 5.14 Å². The van der Waals surface area contributed by atoms with Gasteiger partial charge in [0.2, 0.25) is 15.9 Å². The standard InChI is InChI=1S/C23H19BrN2O4S/c24-18-9-11-19(12-10-18)26-23(28)14-13-20(27)15-16-5-7-17(8-6-16)21-3-1-2-4-22(21)31(25,29)30/h1-14H,15H2,(H,26,28)(H2,25,29,30)/b14-13-. The molecule has 0 aliphatic heterocycles. The third-order valence-corrected chi connectivity index (χ3v) is 5.87. The smallest absolute Gasteiger partial charge is 0.248 e. The summed E-state index contributed by atoms with van der Waals surface area (Å²) in [6.07, 6.45) is 2.54. The first-order valence-electron chi connectivity index (χ1n) is 9.21. The normalized spacial score (nSPS) is 11.4. The zero-order chi connectivity index (χ0) is 22.4. The van der Waals surface area contributed by atoms with Gasteiger partial charge in [-0.05, 0) is 47.5 Å². The summed E-state index contributed by atoms with van der Waals surface area (Å²) in [7, 11) is -3.85. The number of ketones is 1. The lowest BCUT2D eigenvalue weighted by atomic mass is 10.0. The van der Waals surface area contributed by atoms with E-state index in [9.17, 15) is 18.0 Å². The monoisotopic (exact) mass is 498 g/mol. The summed E-state index contributed by atoms with van der Waals surface area (Å²) in [6.45, 7) is 0. The van der Waals surface area contributed by atoms with E-state index in [0.717, 1.165) is 10.0 Å². The lowest BCUT2D eigenvalue weighted by Gasteiger charge is -2.08. The van der Waals surface area contributed by atoms with Crippen molar-refractivity contribution in [3.05, 3.63) is 95.0 Å². The Hall–Kier alpha value is -3.07.